The second-order valence-corrected chi connectivity index (χ2v) is 6.95. The lowest BCUT2D eigenvalue weighted by atomic mass is 9.83. The van der Waals surface area contributed by atoms with Gasteiger partial charge >= 0.3 is 0 Å². The van der Waals surface area contributed by atoms with Crippen molar-refractivity contribution in [1.29, 1.82) is 0 Å². The summed E-state index contributed by atoms with van der Waals surface area (Å²) in [5.41, 5.74) is 0.394. The Kier molecular flexibility index (Phi) is 4.14. The molecule has 1 unspecified atom stereocenters. The molecule has 2 saturated heterocycles. The van der Waals surface area contributed by atoms with Gasteiger partial charge < -0.3 is 10.1 Å². The summed E-state index contributed by atoms with van der Waals surface area (Å²) < 4.78 is 5.51. The van der Waals surface area contributed by atoms with Crippen LogP contribution < -0.4 is 5.32 Å². The Morgan fingerprint density at radius 2 is 2.17 bits per heavy atom. The highest BCUT2D eigenvalue weighted by Gasteiger charge is 2.37. The van der Waals surface area contributed by atoms with Gasteiger partial charge in [-0.15, -0.1) is 0 Å². The van der Waals surface area contributed by atoms with Crippen LogP contribution in [0.15, 0.2) is 4.99 Å². The third-order valence-electron chi connectivity index (χ3n) is 4.42. The zero-order valence-corrected chi connectivity index (χ0v) is 11.9. The van der Waals surface area contributed by atoms with Crippen LogP contribution in [0.5, 0.6) is 0 Å². The standard InChI is InChI=1S/C14H24N2OS/c1-2-6-14(7-3-1)11-18-13(16-14)15-9-12-5-4-8-17-10-12/h12H,1-11H2,(H,15,16). The van der Waals surface area contributed by atoms with Crippen molar-refractivity contribution in [3.8, 4) is 0 Å². The Morgan fingerprint density at radius 1 is 1.28 bits per heavy atom. The molecule has 1 atom stereocenters. The third-order valence-corrected chi connectivity index (χ3v) is 5.62. The predicted molar refractivity (Wildman–Crippen MR) is 77.3 cm³/mol. The second kappa shape index (κ2) is 5.83. The maximum atomic E-state index is 5.51. The largest absolute Gasteiger partial charge is 0.381 e. The Hall–Kier alpha value is -0.220. The van der Waals surface area contributed by atoms with Gasteiger partial charge in [-0.2, -0.15) is 0 Å². The number of aliphatic imine (C=N–C) groups is 1. The molecule has 102 valence electrons. The topological polar surface area (TPSA) is 33.6 Å². The highest BCUT2D eigenvalue weighted by molar-refractivity contribution is 8.14. The third kappa shape index (κ3) is 3.02. The van der Waals surface area contributed by atoms with E-state index in [1.807, 2.05) is 11.8 Å². The zero-order valence-electron chi connectivity index (χ0n) is 11.1. The molecule has 0 aromatic carbocycles. The lowest BCUT2D eigenvalue weighted by Gasteiger charge is -2.32. The van der Waals surface area contributed by atoms with Gasteiger partial charge in [-0.3, -0.25) is 4.99 Å². The van der Waals surface area contributed by atoms with Crippen LogP contribution in [0.3, 0.4) is 0 Å². The van der Waals surface area contributed by atoms with Gasteiger partial charge in [0.15, 0.2) is 5.17 Å². The van der Waals surface area contributed by atoms with Crippen molar-refractivity contribution in [2.24, 2.45) is 10.9 Å². The van der Waals surface area contributed by atoms with E-state index in [0.29, 0.717) is 11.5 Å². The molecule has 0 amide bonds. The van der Waals surface area contributed by atoms with Crippen LogP contribution in [0.1, 0.15) is 44.9 Å². The monoisotopic (exact) mass is 268 g/mol. The summed E-state index contributed by atoms with van der Waals surface area (Å²) in [5.74, 6) is 1.88. The van der Waals surface area contributed by atoms with Crippen LogP contribution >= 0.6 is 11.8 Å². The quantitative estimate of drug-likeness (QED) is 0.836. The maximum absolute atomic E-state index is 5.51. The predicted octanol–water partition coefficient (Wildman–Crippen LogP) is 2.81. The number of hydrogen-bond acceptors (Lipinski definition) is 3. The van der Waals surface area contributed by atoms with Gasteiger partial charge in [-0.1, -0.05) is 31.0 Å². The normalized spacial score (nSPS) is 33.8. The van der Waals surface area contributed by atoms with Crippen LogP contribution in [0.2, 0.25) is 0 Å². The summed E-state index contributed by atoms with van der Waals surface area (Å²) in [7, 11) is 0. The first-order valence-corrected chi connectivity index (χ1v) is 8.38. The van der Waals surface area contributed by atoms with E-state index in [0.717, 1.165) is 19.8 Å². The van der Waals surface area contributed by atoms with Gasteiger partial charge in [0.25, 0.3) is 0 Å². The van der Waals surface area contributed by atoms with E-state index in [-0.39, 0.29) is 0 Å². The van der Waals surface area contributed by atoms with Crippen molar-refractivity contribution in [2.45, 2.75) is 50.5 Å². The fourth-order valence-electron chi connectivity index (χ4n) is 3.25. The molecule has 1 spiro atoms. The lowest BCUT2D eigenvalue weighted by Crippen LogP contribution is -2.45. The molecule has 2 heterocycles. The van der Waals surface area contributed by atoms with E-state index in [1.54, 1.807) is 0 Å². The van der Waals surface area contributed by atoms with E-state index >= 15 is 0 Å². The first-order valence-electron chi connectivity index (χ1n) is 7.40. The Morgan fingerprint density at radius 3 is 2.94 bits per heavy atom. The van der Waals surface area contributed by atoms with Crippen LogP contribution in [-0.4, -0.2) is 36.2 Å². The van der Waals surface area contributed by atoms with E-state index in [2.05, 4.69) is 5.32 Å². The van der Waals surface area contributed by atoms with Crippen LogP contribution in [-0.2, 0) is 4.74 Å². The van der Waals surface area contributed by atoms with Gasteiger partial charge in [-0.25, -0.2) is 0 Å². The lowest BCUT2D eigenvalue weighted by molar-refractivity contribution is 0.0582. The smallest absolute Gasteiger partial charge is 0.157 e. The van der Waals surface area contributed by atoms with Gasteiger partial charge in [-0.05, 0) is 25.7 Å². The summed E-state index contributed by atoms with van der Waals surface area (Å²) in [6.07, 6.45) is 9.36. The zero-order chi connectivity index (χ0) is 12.3. The van der Waals surface area contributed by atoms with Gasteiger partial charge in [0.1, 0.15) is 0 Å². The summed E-state index contributed by atoms with van der Waals surface area (Å²) in [6, 6.07) is 0. The number of nitrogens with zero attached hydrogens (tertiary/aromatic N) is 1. The number of ether oxygens (including phenoxy) is 1. The SMILES string of the molecule is C1CCC2(CC1)CSC(=NCC1CCCOC1)N2. The summed E-state index contributed by atoms with van der Waals surface area (Å²) in [4.78, 5) is 4.78. The van der Waals surface area contributed by atoms with E-state index in [9.17, 15) is 0 Å². The fraction of sp³-hybridized carbons (Fsp3) is 0.929. The number of thioether (sulfide) groups is 1. The molecule has 0 bridgehead atoms. The van der Waals surface area contributed by atoms with Crippen LogP contribution in [0.4, 0.5) is 0 Å². The molecule has 3 rings (SSSR count). The van der Waals surface area contributed by atoms with E-state index in [1.165, 1.54) is 55.9 Å². The first kappa shape index (κ1) is 12.8. The molecule has 18 heavy (non-hydrogen) atoms. The molecule has 0 aromatic heterocycles. The van der Waals surface area contributed by atoms with Gasteiger partial charge in [0.2, 0.25) is 0 Å². The molecule has 3 nitrogen and oxygen atoms in total. The van der Waals surface area contributed by atoms with Crippen LogP contribution in [0, 0.1) is 5.92 Å². The van der Waals surface area contributed by atoms with Gasteiger partial charge in [0.05, 0.1) is 6.61 Å². The Labute approximate surface area is 114 Å². The molecule has 3 aliphatic rings. The summed E-state index contributed by atoms with van der Waals surface area (Å²) >= 11 is 1.93. The minimum absolute atomic E-state index is 0.394. The second-order valence-electron chi connectivity index (χ2n) is 5.98. The Bertz CT molecular complexity index is 307. The number of rotatable bonds is 2. The maximum Gasteiger partial charge on any atom is 0.157 e. The van der Waals surface area contributed by atoms with Crippen molar-refractivity contribution in [3.05, 3.63) is 0 Å². The molecule has 4 heteroatoms. The van der Waals surface area contributed by atoms with Crippen molar-refractivity contribution in [3.63, 3.8) is 0 Å². The van der Waals surface area contributed by atoms with E-state index < -0.39 is 0 Å². The van der Waals surface area contributed by atoms with Crippen molar-refractivity contribution < 1.29 is 4.74 Å². The highest BCUT2D eigenvalue weighted by atomic mass is 32.2. The summed E-state index contributed by atoms with van der Waals surface area (Å²) in [5, 5.41) is 4.91. The molecule has 0 radical (unpaired) electrons. The number of hydrogen-bond donors (Lipinski definition) is 1. The molecule has 1 aliphatic carbocycles. The Balaban J connectivity index is 1.51. The first-order chi connectivity index (χ1) is 8.86. The number of amidine groups is 1. The number of nitrogens with one attached hydrogen (secondary N) is 1. The van der Waals surface area contributed by atoms with E-state index in [4.69, 9.17) is 9.73 Å². The molecular formula is C14H24N2OS. The molecular weight excluding hydrogens is 244 g/mol. The molecule has 1 saturated carbocycles. The van der Waals surface area contributed by atoms with Crippen molar-refractivity contribution >= 4 is 16.9 Å². The van der Waals surface area contributed by atoms with Crippen molar-refractivity contribution in [2.75, 3.05) is 25.5 Å². The molecule has 3 fully saturated rings. The molecule has 2 aliphatic heterocycles. The van der Waals surface area contributed by atoms with Crippen LogP contribution in [0.25, 0.3) is 0 Å². The molecule has 1 N–H and O–H groups in total. The average Bonchev–Trinajstić information content (AvgIpc) is 2.82. The molecule has 0 aromatic rings. The fourth-order valence-corrected chi connectivity index (χ4v) is 4.48. The van der Waals surface area contributed by atoms with Crippen molar-refractivity contribution in [1.82, 2.24) is 5.32 Å². The minimum Gasteiger partial charge on any atom is -0.381 e. The average molecular weight is 268 g/mol. The van der Waals surface area contributed by atoms with Gasteiger partial charge in [0, 0.05) is 30.4 Å². The minimum atomic E-state index is 0.394. The summed E-state index contributed by atoms with van der Waals surface area (Å²) in [6.45, 7) is 2.81. The highest BCUT2D eigenvalue weighted by Crippen LogP contribution is 2.36.